The molecular weight excluding hydrogens is 428 g/mol. The van der Waals surface area contributed by atoms with Crippen molar-refractivity contribution in [3.63, 3.8) is 0 Å². The van der Waals surface area contributed by atoms with Crippen molar-refractivity contribution >= 4 is 21.6 Å². The minimum Gasteiger partial charge on any atom is -0.497 e. The maximum atomic E-state index is 13.1. The highest BCUT2D eigenvalue weighted by molar-refractivity contribution is 7.89. The van der Waals surface area contributed by atoms with Crippen molar-refractivity contribution in [3.05, 3.63) is 83.9 Å². The Morgan fingerprint density at radius 2 is 1.69 bits per heavy atom. The number of carbonyl (C=O) groups is 1. The molecule has 0 saturated heterocycles. The number of sulfonamides is 1. The molecule has 3 aromatic rings. The van der Waals surface area contributed by atoms with E-state index in [9.17, 15) is 13.2 Å². The first-order valence-electron chi connectivity index (χ1n) is 9.99. The maximum absolute atomic E-state index is 13.1. The molecule has 0 unspecified atom stereocenters. The van der Waals surface area contributed by atoms with Crippen LogP contribution in [-0.4, -0.2) is 42.1 Å². The molecular formula is C24H26N2O5S. The summed E-state index contributed by atoms with van der Waals surface area (Å²) in [5.74, 6) is 0.419. The number of hydrogen-bond acceptors (Lipinski definition) is 5. The molecule has 3 rings (SSSR count). The number of ether oxygens (including phenoxy) is 2. The van der Waals surface area contributed by atoms with E-state index in [1.165, 1.54) is 24.1 Å². The van der Waals surface area contributed by atoms with E-state index >= 15 is 0 Å². The Morgan fingerprint density at radius 3 is 2.38 bits per heavy atom. The van der Waals surface area contributed by atoms with Gasteiger partial charge in [-0.05, 0) is 42.3 Å². The molecule has 0 aromatic heterocycles. The largest absolute Gasteiger partial charge is 0.497 e. The van der Waals surface area contributed by atoms with Gasteiger partial charge in [-0.1, -0.05) is 36.4 Å². The molecule has 168 valence electrons. The van der Waals surface area contributed by atoms with Crippen LogP contribution in [0.4, 0.5) is 5.69 Å². The second-order valence-electron chi connectivity index (χ2n) is 7.06. The van der Waals surface area contributed by atoms with Crippen LogP contribution in [0, 0.1) is 0 Å². The minimum atomic E-state index is -3.90. The molecule has 1 N–H and O–H groups in total. The zero-order chi connectivity index (χ0) is 23.1. The van der Waals surface area contributed by atoms with Gasteiger partial charge in [0.05, 0.1) is 14.2 Å². The number of nitrogens with one attached hydrogen (secondary N) is 1. The van der Waals surface area contributed by atoms with Gasteiger partial charge in [0, 0.05) is 30.9 Å². The lowest BCUT2D eigenvalue weighted by Gasteiger charge is -2.19. The molecule has 3 aromatic carbocycles. The van der Waals surface area contributed by atoms with E-state index < -0.39 is 10.0 Å². The van der Waals surface area contributed by atoms with Crippen LogP contribution in [0.5, 0.6) is 11.5 Å². The first-order valence-corrected chi connectivity index (χ1v) is 11.5. The first-order chi connectivity index (χ1) is 15.4. The van der Waals surface area contributed by atoms with E-state index in [2.05, 4.69) is 4.72 Å². The summed E-state index contributed by atoms with van der Waals surface area (Å²) >= 11 is 0. The fourth-order valence-corrected chi connectivity index (χ4v) is 4.43. The lowest BCUT2D eigenvalue weighted by Crippen LogP contribution is -2.28. The van der Waals surface area contributed by atoms with E-state index in [1.807, 2.05) is 30.3 Å². The molecule has 7 nitrogen and oxygen atoms in total. The first kappa shape index (κ1) is 23.3. The van der Waals surface area contributed by atoms with Crippen molar-refractivity contribution in [2.45, 2.75) is 11.3 Å². The molecule has 0 radical (unpaired) electrons. The molecule has 0 bridgehead atoms. The Balaban J connectivity index is 1.82. The van der Waals surface area contributed by atoms with E-state index in [0.29, 0.717) is 17.9 Å². The molecule has 0 spiro atoms. The van der Waals surface area contributed by atoms with Gasteiger partial charge in [0.1, 0.15) is 16.4 Å². The lowest BCUT2D eigenvalue weighted by molar-refractivity contribution is 0.0992. The summed E-state index contributed by atoms with van der Waals surface area (Å²) in [6.45, 7) is 0.220. The van der Waals surface area contributed by atoms with Crippen LogP contribution in [-0.2, 0) is 16.4 Å². The maximum Gasteiger partial charge on any atom is 0.258 e. The topological polar surface area (TPSA) is 84.9 Å². The predicted molar refractivity (Wildman–Crippen MR) is 124 cm³/mol. The summed E-state index contributed by atoms with van der Waals surface area (Å²) in [6.07, 6.45) is 0.541. The number of anilines is 1. The SMILES string of the molecule is COc1cccc(N(C)C(=O)c2ccc(OC)c(S(=O)(=O)NCCc3ccccc3)c2)c1. The highest BCUT2D eigenvalue weighted by Crippen LogP contribution is 2.27. The van der Waals surface area contributed by atoms with Gasteiger partial charge >= 0.3 is 0 Å². The summed E-state index contributed by atoms with van der Waals surface area (Å²) in [4.78, 5) is 14.4. The minimum absolute atomic E-state index is 0.0852. The summed E-state index contributed by atoms with van der Waals surface area (Å²) in [5, 5.41) is 0. The van der Waals surface area contributed by atoms with Crippen molar-refractivity contribution in [1.82, 2.24) is 4.72 Å². The third kappa shape index (κ3) is 5.46. The van der Waals surface area contributed by atoms with Crippen LogP contribution >= 0.6 is 0 Å². The average molecular weight is 455 g/mol. The molecule has 0 fully saturated rings. The highest BCUT2D eigenvalue weighted by Gasteiger charge is 2.23. The number of nitrogens with zero attached hydrogens (tertiary/aromatic N) is 1. The quantitative estimate of drug-likeness (QED) is 0.535. The number of rotatable bonds is 9. The van der Waals surface area contributed by atoms with E-state index in [1.54, 1.807) is 44.5 Å². The molecule has 0 aliphatic rings. The summed E-state index contributed by atoms with van der Waals surface area (Å²) in [6, 6.07) is 21.0. The van der Waals surface area contributed by atoms with Crippen LogP contribution in [0.1, 0.15) is 15.9 Å². The standard InChI is InChI=1S/C24H26N2O5S/c1-26(20-10-7-11-21(17-20)30-2)24(27)19-12-13-22(31-3)23(16-19)32(28,29)25-15-14-18-8-5-4-6-9-18/h4-13,16-17,25H,14-15H2,1-3H3. The molecule has 0 aliphatic carbocycles. The summed E-state index contributed by atoms with van der Waals surface area (Å²) in [7, 11) is 0.662. The number of hydrogen-bond donors (Lipinski definition) is 1. The average Bonchev–Trinajstić information content (AvgIpc) is 2.83. The molecule has 0 saturated carbocycles. The van der Waals surface area contributed by atoms with Crippen LogP contribution in [0.25, 0.3) is 0 Å². The van der Waals surface area contributed by atoms with Gasteiger partial charge in [-0.3, -0.25) is 4.79 Å². The molecule has 0 atom stereocenters. The van der Waals surface area contributed by atoms with Crippen LogP contribution in [0.15, 0.2) is 77.7 Å². The smallest absolute Gasteiger partial charge is 0.258 e. The Morgan fingerprint density at radius 1 is 0.938 bits per heavy atom. The number of methoxy groups -OCH3 is 2. The zero-order valence-electron chi connectivity index (χ0n) is 18.2. The monoisotopic (exact) mass is 454 g/mol. The van der Waals surface area contributed by atoms with Crippen molar-refractivity contribution in [1.29, 1.82) is 0 Å². The number of amides is 1. The van der Waals surface area contributed by atoms with E-state index in [4.69, 9.17) is 9.47 Å². The van der Waals surface area contributed by atoms with Crippen LogP contribution in [0.3, 0.4) is 0 Å². The van der Waals surface area contributed by atoms with Gasteiger partial charge in [-0.2, -0.15) is 0 Å². The van der Waals surface area contributed by atoms with Crippen LogP contribution < -0.4 is 19.1 Å². The normalized spacial score (nSPS) is 11.1. The van der Waals surface area contributed by atoms with Crippen molar-refractivity contribution in [2.75, 3.05) is 32.7 Å². The van der Waals surface area contributed by atoms with Gasteiger partial charge in [0.2, 0.25) is 10.0 Å². The molecule has 1 amide bonds. The third-order valence-corrected chi connectivity index (χ3v) is 6.48. The van der Waals surface area contributed by atoms with Gasteiger partial charge in [0.25, 0.3) is 5.91 Å². The third-order valence-electron chi connectivity index (χ3n) is 4.99. The van der Waals surface area contributed by atoms with Gasteiger partial charge in [-0.25, -0.2) is 13.1 Å². The van der Waals surface area contributed by atoms with Crippen molar-refractivity contribution in [3.8, 4) is 11.5 Å². The second kappa shape index (κ2) is 10.3. The number of benzene rings is 3. The predicted octanol–water partition coefficient (Wildman–Crippen LogP) is 3.50. The van der Waals surface area contributed by atoms with E-state index in [0.717, 1.165) is 5.56 Å². The molecule has 0 aliphatic heterocycles. The second-order valence-corrected chi connectivity index (χ2v) is 8.80. The Hall–Kier alpha value is -3.36. The Bertz CT molecular complexity index is 1180. The van der Waals surface area contributed by atoms with Gasteiger partial charge < -0.3 is 14.4 Å². The van der Waals surface area contributed by atoms with Gasteiger partial charge in [-0.15, -0.1) is 0 Å². The Kier molecular flexibility index (Phi) is 7.50. The van der Waals surface area contributed by atoms with Crippen molar-refractivity contribution < 1.29 is 22.7 Å². The molecule has 32 heavy (non-hydrogen) atoms. The fourth-order valence-electron chi connectivity index (χ4n) is 3.20. The number of carbonyl (C=O) groups excluding carboxylic acids is 1. The Labute approximate surface area is 188 Å². The summed E-state index contributed by atoms with van der Waals surface area (Å²) in [5.41, 5.74) is 1.86. The van der Waals surface area contributed by atoms with Crippen molar-refractivity contribution in [2.24, 2.45) is 0 Å². The lowest BCUT2D eigenvalue weighted by atomic mass is 10.1. The van der Waals surface area contributed by atoms with E-state index in [-0.39, 0.29) is 28.7 Å². The highest BCUT2D eigenvalue weighted by atomic mass is 32.2. The molecule has 8 heteroatoms. The molecule has 0 heterocycles. The van der Waals surface area contributed by atoms with Crippen LogP contribution in [0.2, 0.25) is 0 Å². The zero-order valence-corrected chi connectivity index (χ0v) is 19.1. The fraction of sp³-hybridized carbons (Fsp3) is 0.208. The van der Waals surface area contributed by atoms with Gasteiger partial charge in [0.15, 0.2) is 0 Å². The summed E-state index contributed by atoms with van der Waals surface area (Å²) < 4.78 is 39.0.